The van der Waals surface area contributed by atoms with E-state index in [0.717, 1.165) is 0 Å². The van der Waals surface area contributed by atoms with Crippen molar-refractivity contribution in [3.8, 4) is 17.3 Å². The molecule has 0 fully saturated rings. The number of hydrogen-bond donors (Lipinski definition) is 1. The summed E-state index contributed by atoms with van der Waals surface area (Å²) >= 11 is 0. The lowest BCUT2D eigenvalue weighted by atomic mass is 10.1. The first-order valence-electron chi connectivity index (χ1n) is 7.79. The molecule has 0 amide bonds. The molecular formula is C17H18N4O4S. The first-order chi connectivity index (χ1) is 12.4. The van der Waals surface area contributed by atoms with Gasteiger partial charge in [0.05, 0.1) is 18.6 Å². The van der Waals surface area contributed by atoms with Crippen molar-refractivity contribution >= 4 is 10.0 Å². The third kappa shape index (κ3) is 3.73. The molecule has 136 valence electrons. The van der Waals surface area contributed by atoms with Crippen LogP contribution in [0.4, 0.5) is 0 Å². The third-order valence-corrected chi connectivity index (χ3v) is 5.41. The normalized spacial score (nSPS) is 11.5. The number of rotatable bonds is 6. The topological polar surface area (TPSA) is 107 Å². The Labute approximate surface area is 151 Å². The Balaban J connectivity index is 1.79. The molecule has 0 aliphatic heterocycles. The average molecular weight is 374 g/mol. The lowest BCUT2D eigenvalue weighted by Crippen LogP contribution is -2.25. The lowest BCUT2D eigenvalue weighted by Gasteiger charge is -2.13. The highest BCUT2D eigenvalue weighted by Gasteiger charge is 2.21. The van der Waals surface area contributed by atoms with Gasteiger partial charge in [-0.05, 0) is 49.2 Å². The van der Waals surface area contributed by atoms with E-state index >= 15 is 0 Å². The minimum absolute atomic E-state index is 0.118. The number of methoxy groups -OCH3 is 1. The molecule has 8 nitrogen and oxygen atoms in total. The van der Waals surface area contributed by atoms with Gasteiger partial charge in [-0.3, -0.25) is 4.98 Å². The fourth-order valence-electron chi connectivity index (χ4n) is 2.60. The molecule has 9 heteroatoms. The van der Waals surface area contributed by atoms with Crippen LogP contribution in [0.2, 0.25) is 0 Å². The minimum atomic E-state index is -3.75. The number of sulfonamides is 1. The summed E-state index contributed by atoms with van der Waals surface area (Å²) in [5.41, 5.74) is 1.71. The van der Waals surface area contributed by atoms with Crippen molar-refractivity contribution in [2.24, 2.45) is 0 Å². The number of benzene rings is 1. The van der Waals surface area contributed by atoms with Gasteiger partial charge in [0.15, 0.2) is 0 Å². The molecule has 0 aliphatic rings. The summed E-state index contributed by atoms with van der Waals surface area (Å²) in [6.07, 6.45) is 1.61. The molecular weight excluding hydrogens is 356 g/mol. The lowest BCUT2D eigenvalue weighted by molar-refractivity contribution is 0.413. The Morgan fingerprint density at radius 3 is 2.50 bits per heavy atom. The van der Waals surface area contributed by atoms with E-state index < -0.39 is 10.0 Å². The summed E-state index contributed by atoms with van der Waals surface area (Å²) < 4.78 is 38.5. The first kappa shape index (κ1) is 18.0. The van der Waals surface area contributed by atoms with Gasteiger partial charge >= 0.3 is 0 Å². The van der Waals surface area contributed by atoms with E-state index in [1.807, 2.05) is 0 Å². The maximum Gasteiger partial charge on any atom is 0.266 e. The van der Waals surface area contributed by atoms with Gasteiger partial charge in [-0.1, -0.05) is 6.07 Å². The highest BCUT2D eigenvalue weighted by molar-refractivity contribution is 7.89. The molecule has 0 bridgehead atoms. The average Bonchev–Trinajstić information content (AvgIpc) is 3.09. The molecule has 0 saturated heterocycles. The van der Waals surface area contributed by atoms with Gasteiger partial charge in [0.25, 0.3) is 5.89 Å². The first-order valence-corrected chi connectivity index (χ1v) is 9.27. The Kier molecular flexibility index (Phi) is 5.01. The fourth-order valence-corrected chi connectivity index (χ4v) is 4.02. The van der Waals surface area contributed by atoms with Crippen LogP contribution in [-0.2, 0) is 16.6 Å². The number of ether oxygens (including phenoxy) is 1. The summed E-state index contributed by atoms with van der Waals surface area (Å²) in [6.45, 7) is 3.32. The minimum Gasteiger partial charge on any atom is -0.497 e. The standard InChI is InChI=1S/C17H18N4O4S/c1-11-8-13(24-3)9-12(2)16(11)26(22,23)19-10-15-20-21-17(25-15)14-6-4-5-7-18-14/h4-9,19H,10H2,1-3H3. The molecule has 0 spiro atoms. The van der Waals surface area contributed by atoms with Crippen molar-refractivity contribution in [3.63, 3.8) is 0 Å². The highest BCUT2D eigenvalue weighted by Crippen LogP contribution is 2.25. The van der Waals surface area contributed by atoms with Gasteiger partial charge in [-0.2, -0.15) is 0 Å². The van der Waals surface area contributed by atoms with E-state index in [4.69, 9.17) is 9.15 Å². The van der Waals surface area contributed by atoms with Crippen LogP contribution in [0.1, 0.15) is 17.0 Å². The molecule has 3 aromatic rings. The largest absolute Gasteiger partial charge is 0.497 e. The van der Waals surface area contributed by atoms with E-state index in [-0.39, 0.29) is 23.2 Å². The van der Waals surface area contributed by atoms with Gasteiger partial charge in [-0.15, -0.1) is 10.2 Å². The monoisotopic (exact) mass is 374 g/mol. The molecule has 0 saturated carbocycles. The van der Waals surface area contributed by atoms with Crippen molar-refractivity contribution in [2.75, 3.05) is 7.11 Å². The molecule has 3 rings (SSSR count). The summed E-state index contributed by atoms with van der Waals surface area (Å²) in [7, 11) is -2.21. The van der Waals surface area contributed by atoms with E-state index in [1.54, 1.807) is 50.4 Å². The zero-order valence-electron chi connectivity index (χ0n) is 14.6. The summed E-state index contributed by atoms with van der Waals surface area (Å²) in [5, 5.41) is 7.75. The van der Waals surface area contributed by atoms with Crippen molar-refractivity contribution < 1.29 is 17.6 Å². The Bertz CT molecular complexity index is 993. The SMILES string of the molecule is COc1cc(C)c(S(=O)(=O)NCc2nnc(-c3ccccn3)o2)c(C)c1. The molecule has 0 atom stereocenters. The summed E-state index contributed by atoms with van der Waals surface area (Å²) in [4.78, 5) is 4.32. The van der Waals surface area contributed by atoms with Crippen LogP contribution in [0.3, 0.4) is 0 Å². The van der Waals surface area contributed by atoms with Gasteiger partial charge in [0.1, 0.15) is 11.4 Å². The van der Waals surface area contributed by atoms with Crippen LogP contribution < -0.4 is 9.46 Å². The second kappa shape index (κ2) is 7.22. The predicted octanol–water partition coefficient (Wildman–Crippen LogP) is 2.24. The third-order valence-electron chi connectivity index (χ3n) is 3.70. The molecule has 1 aromatic carbocycles. The van der Waals surface area contributed by atoms with Gasteiger partial charge < -0.3 is 9.15 Å². The van der Waals surface area contributed by atoms with Crippen LogP contribution in [0.25, 0.3) is 11.6 Å². The van der Waals surface area contributed by atoms with Crippen molar-refractivity contribution in [3.05, 3.63) is 53.5 Å². The number of nitrogens with one attached hydrogen (secondary N) is 1. The Morgan fingerprint density at radius 2 is 1.88 bits per heavy atom. The van der Waals surface area contributed by atoms with Crippen molar-refractivity contribution in [1.82, 2.24) is 19.9 Å². The van der Waals surface area contributed by atoms with Crippen LogP contribution in [0, 0.1) is 13.8 Å². The number of aromatic nitrogens is 3. The summed E-state index contributed by atoms with van der Waals surface area (Å²) in [5.74, 6) is 0.991. The molecule has 0 unspecified atom stereocenters. The fraction of sp³-hybridized carbons (Fsp3) is 0.235. The molecule has 1 N–H and O–H groups in total. The number of nitrogens with zero attached hydrogens (tertiary/aromatic N) is 3. The zero-order chi connectivity index (χ0) is 18.7. The number of hydrogen-bond acceptors (Lipinski definition) is 7. The van der Waals surface area contributed by atoms with Crippen LogP contribution >= 0.6 is 0 Å². The van der Waals surface area contributed by atoms with E-state index in [1.165, 1.54) is 7.11 Å². The molecule has 26 heavy (non-hydrogen) atoms. The molecule has 2 aromatic heterocycles. The second-order valence-corrected chi connectivity index (χ2v) is 7.33. The van der Waals surface area contributed by atoms with Gasteiger partial charge in [0.2, 0.25) is 15.9 Å². The predicted molar refractivity (Wildman–Crippen MR) is 94.0 cm³/mol. The Hall–Kier alpha value is -2.78. The van der Waals surface area contributed by atoms with Crippen LogP contribution in [0.15, 0.2) is 45.8 Å². The van der Waals surface area contributed by atoms with Crippen molar-refractivity contribution in [2.45, 2.75) is 25.3 Å². The quantitative estimate of drug-likeness (QED) is 0.705. The maximum absolute atomic E-state index is 12.7. The second-order valence-electron chi connectivity index (χ2n) is 5.63. The molecule has 2 heterocycles. The smallest absolute Gasteiger partial charge is 0.266 e. The number of pyridine rings is 1. The van der Waals surface area contributed by atoms with Crippen LogP contribution in [0.5, 0.6) is 5.75 Å². The number of aryl methyl sites for hydroxylation is 2. The van der Waals surface area contributed by atoms with E-state index in [0.29, 0.717) is 22.6 Å². The summed E-state index contributed by atoms with van der Waals surface area (Å²) in [6, 6.07) is 8.64. The van der Waals surface area contributed by atoms with E-state index in [2.05, 4.69) is 19.9 Å². The van der Waals surface area contributed by atoms with Gasteiger partial charge in [0, 0.05) is 6.20 Å². The maximum atomic E-state index is 12.7. The van der Waals surface area contributed by atoms with E-state index in [9.17, 15) is 8.42 Å². The Morgan fingerprint density at radius 1 is 1.15 bits per heavy atom. The zero-order valence-corrected chi connectivity index (χ0v) is 15.4. The molecule has 0 aliphatic carbocycles. The highest BCUT2D eigenvalue weighted by atomic mass is 32.2. The molecule has 0 radical (unpaired) electrons. The van der Waals surface area contributed by atoms with Crippen molar-refractivity contribution in [1.29, 1.82) is 0 Å². The van der Waals surface area contributed by atoms with Crippen LogP contribution in [-0.4, -0.2) is 30.7 Å². The van der Waals surface area contributed by atoms with Gasteiger partial charge in [-0.25, -0.2) is 13.1 Å².